The molecule has 1 saturated carbocycles. The highest BCUT2D eigenvalue weighted by Crippen LogP contribution is 2.32. The minimum Gasteiger partial charge on any atom is -0.411 e. The van der Waals surface area contributed by atoms with E-state index in [4.69, 9.17) is 0 Å². The molecule has 1 N–H and O–H groups in total. The van der Waals surface area contributed by atoms with Crippen LogP contribution in [0.25, 0.3) is 0 Å². The molecule has 0 radical (unpaired) electrons. The van der Waals surface area contributed by atoms with E-state index in [-0.39, 0.29) is 0 Å². The van der Waals surface area contributed by atoms with Crippen molar-refractivity contribution in [1.82, 2.24) is 0 Å². The molecule has 2 aromatic rings. The van der Waals surface area contributed by atoms with Crippen LogP contribution in [-0.4, -0.2) is 10.9 Å². The summed E-state index contributed by atoms with van der Waals surface area (Å²) in [6, 6.07) is 17.0. The molecule has 0 aromatic heterocycles. The maximum absolute atomic E-state index is 9.36. The first-order chi connectivity index (χ1) is 11.3. The summed E-state index contributed by atoms with van der Waals surface area (Å²) in [6.45, 7) is 2.06. The molecule has 0 heterocycles. The fraction of sp³-hybridized carbons (Fsp3) is 0.381. The van der Waals surface area contributed by atoms with Gasteiger partial charge >= 0.3 is 0 Å². The Morgan fingerprint density at radius 2 is 1.61 bits per heavy atom. The van der Waals surface area contributed by atoms with Crippen molar-refractivity contribution in [2.45, 2.75) is 51.4 Å². The van der Waals surface area contributed by atoms with Gasteiger partial charge in [0, 0.05) is 6.42 Å². The molecule has 1 fully saturated rings. The first kappa shape index (κ1) is 15.8. The van der Waals surface area contributed by atoms with Crippen LogP contribution < -0.4 is 0 Å². The lowest BCUT2D eigenvalue weighted by atomic mass is 9.84. The van der Waals surface area contributed by atoms with Gasteiger partial charge < -0.3 is 5.21 Å². The monoisotopic (exact) mass is 307 g/mol. The zero-order valence-corrected chi connectivity index (χ0v) is 13.8. The van der Waals surface area contributed by atoms with Gasteiger partial charge in [-0.05, 0) is 42.4 Å². The van der Waals surface area contributed by atoms with Gasteiger partial charge in [-0.25, -0.2) is 0 Å². The molecule has 2 aromatic carbocycles. The third kappa shape index (κ3) is 4.01. The van der Waals surface area contributed by atoms with E-state index in [1.807, 2.05) is 24.3 Å². The van der Waals surface area contributed by atoms with Crippen LogP contribution in [0.5, 0.6) is 0 Å². The quantitative estimate of drug-likeness (QED) is 0.454. The number of nitrogens with zero attached hydrogens (tertiary/aromatic N) is 1. The average molecular weight is 307 g/mol. The van der Waals surface area contributed by atoms with Gasteiger partial charge in [-0.1, -0.05) is 78.5 Å². The lowest BCUT2D eigenvalue weighted by Crippen LogP contribution is -2.07. The van der Waals surface area contributed by atoms with Crippen LogP contribution in [0.3, 0.4) is 0 Å². The number of aryl methyl sites for hydroxylation is 1. The van der Waals surface area contributed by atoms with Crippen LogP contribution in [0.4, 0.5) is 0 Å². The molecule has 0 spiro atoms. The molecule has 0 amide bonds. The lowest BCUT2D eigenvalue weighted by molar-refractivity contribution is 0.318. The topological polar surface area (TPSA) is 32.6 Å². The molecule has 1 aliphatic carbocycles. The van der Waals surface area contributed by atoms with Crippen LogP contribution in [0.1, 0.15) is 60.3 Å². The minimum atomic E-state index is 0.657. The van der Waals surface area contributed by atoms with E-state index < -0.39 is 0 Å². The Bertz CT molecular complexity index is 649. The minimum absolute atomic E-state index is 0.657. The van der Waals surface area contributed by atoms with Gasteiger partial charge in [0.1, 0.15) is 0 Å². The SMILES string of the molecule is Cc1ccc(/C(Cc2ccc(C3CCCCC3)cc2)=N\O)cc1. The van der Waals surface area contributed by atoms with E-state index in [9.17, 15) is 5.21 Å². The van der Waals surface area contributed by atoms with E-state index in [1.54, 1.807) is 0 Å². The number of rotatable bonds is 4. The van der Waals surface area contributed by atoms with Crippen molar-refractivity contribution in [3.63, 3.8) is 0 Å². The maximum atomic E-state index is 9.36. The number of oxime groups is 1. The summed E-state index contributed by atoms with van der Waals surface area (Å²) >= 11 is 0. The third-order valence-electron chi connectivity index (χ3n) is 4.93. The second kappa shape index (κ2) is 7.45. The molecule has 1 aliphatic rings. The molecule has 0 bridgehead atoms. The molecular formula is C21H25NO. The van der Waals surface area contributed by atoms with E-state index in [0.29, 0.717) is 6.42 Å². The highest BCUT2D eigenvalue weighted by Gasteiger charge is 2.15. The van der Waals surface area contributed by atoms with Gasteiger partial charge in [0.15, 0.2) is 0 Å². The predicted molar refractivity (Wildman–Crippen MR) is 95.5 cm³/mol. The fourth-order valence-corrected chi connectivity index (χ4v) is 3.48. The van der Waals surface area contributed by atoms with Crippen molar-refractivity contribution in [3.8, 4) is 0 Å². The Kier molecular flexibility index (Phi) is 5.12. The Morgan fingerprint density at radius 3 is 2.22 bits per heavy atom. The Balaban J connectivity index is 1.70. The molecule has 0 saturated heterocycles. The third-order valence-corrected chi connectivity index (χ3v) is 4.93. The summed E-state index contributed by atoms with van der Waals surface area (Å²) in [6.07, 6.45) is 7.42. The summed E-state index contributed by atoms with van der Waals surface area (Å²) in [5.41, 5.74) is 5.57. The van der Waals surface area contributed by atoms with Crippen molar-refractivity contribution in [2.75, 3.05) is 0 Å². The van der Waals surface area contributed by atoms with Crippen molar-refractivity contribution in [1.29, 1.82) is 0 Å². The van der Waals surface area contributed by atoms with Gasteiger partial charge in [-0.15, -0.1) is 0 Å². The molecular weight excluding hydrogens is 282 g/mol. The fourth-order valence-electron chi connectivity index (χ4n) is 3.48. The van der Waals surface area contributed by atoms with E-state index in [1.165, 1.54) is 48.8 Å². The second-order valence-electron chi connectivity index (χ2n) is 6.67. The van der Waals surface area contributed by atoms with Crippen LogP contribution in [0.2, 0.25) is 0 Å². The molecule has 3 rings (SSSR count). The van der Waals surface area contributed by atoms with E-state index in [2.05, 4.69) is 36.3 Å². The summed E-state index contributed by atoms with van der Waals surface area (Å²) in [4.78, 5) is 0. The van der Waals surface area contributed by atoms with Gasteiger partial charge in [0.05, 0.1) is 5.71 Å². The van der Waals surface area contributed by atoms with Gasteiger partial charge in [0.25, 0.3) is 0 Å². The normalized spacial score (nSPS) is 16.5. The first-order valence-electron chi connectivity index (χ1n) is 8.63. The number of hydrogen-bond donors (Lipinski definition) is 1. The van der Waals surface area contributed by atoms with Crippen molar-refractivity contribution < 1.29 is 5.21 Å². The molecule has 120 valence electrons. The predicted octanol–water partition coefficient (Wildman–Crippen LogP) is 5.46. The summed E-state index contributed by atoms with van der Waals surface area (Å²) < 4.78 is 0. The second-order valence-corrected chi connectivity index (χ2v) is 6.67. The summed E-state index contributed by atoms with van der Waals surface area (Å²) in [5, 5.41) is 12.9. The molecule has 0 aliphatic heterocycles. The zero-order valence-electron chi connectivity index (χ0n) is 13.8. The van der Waals surface area contributed by atoms with Crippen LogP contribution >= 0.6 is 0 Å². The molecule has 0 unspecified atom stereocenters. The van der Waals surface area contributed by atoms with Crippen molar-refractivity contribution >= 4 is 5.71 Å². The number of benzene rings is 2. The van der Waals surface area contributed by atoms with Gasteiger partial charge in [0.2, 0.25) is 0 Å². The smallest absolute Gasteiger partial charge is 0.0911 e. The number of hydrogen-bond acceptors (Lipinski definition) is 2. The van der Waals surface area contributed by atoms with Gasteiger partial charge in [-0.3, -0.25) is 0 Å². The molecule has 0 atom stereocenters. The van der Waals surface area contributed by atoms with Crippen LogP contribution in [-0.2, 0) is 6.42 Å². The maximum Gasteiger partial charge on any atom is 0.0911 e. The molecule has 2 heteroatoms. The van der Waals surface area contributed by atoms with Gasteiger partial charge in [-0.2, -0.15) is 0 Å². The molecule has 23 heavy (non-hydrogen) atoms. The Labute approximate surface area is 138 Å². The standard InChI is InChI=1S/C21H25NO/c1-16-7-11-20(12-8-16)21(22-23)15-17-9-13-19(14-10-17)18-5-3-2-4-6-18/h7-14,18,23H,2-6,15H2,1H3/b22-21-. The van der Waals surface area contributed by atoms with Crippen molar-refractivity contribution in [2.24, 2.45) is 5.16 Å². The summed E-state index contributed by atoms with van der Waals surface area (Å²) in [7, 11) is 0. The van der Waals surface area contributed by atoms with Crippen molar-refractivity contribution in [3.05, 3.63) is 70.8 Å². The Hall–Kier alpha value is -2.09. The van der Waals surface area contributed by atoms with Crippen LogP contribution in [0, 0.1) is 6.92 Å². The summed E-state index contributed by atoms with van der Waals surface area (Å²) in [5.74, 6) is 0.737. The molecule has 2 nitrogen and oxygen atoms in total. The lowest BCUT2D eigenvalue weighted by Gasteiger charge is -2.22. The highest BCUT2D eigenvalue weighted by molar-refractivity contribution is 6.01. The zero-order chi connectivity index (χ0) is 16.1. The van der Waals surface area contributed by atoms with E-state index >= 15 is 0 Å². The Morgan fingerprint density at radius 1 is 0.957 bits per heavy atom. The largest absolute Gasteiger partial charge is 0.411 e. The first-order valence-corrected chi connectivity index (χ1v) is 8.63. The highest BCUT2D eigenvalue weighted by atomic mass is 16.4. The van der Waals surface area contributed by atoms with Crippen LogP contribution in [0.15, 0.2) is 53.7 Å². The van der Waals surface area contributed by atoms with E-state index in [0.717, 1.165) is 17.2 Å². The average Bonchev–Trinajstić information content (AvgIpc) is 2.62.